The quantitative estimate of drug-likeness (QED) is 0.855. The summed E-state index contributed by atoms with van der Waals surface area (Å²) in [5.74, 6) is 0.0695. The molecule has 4 heteroatoms. The van der Waals surface area contributed by atoms with Gasteiger partial charge in [-0.15, -0.1) is 0 Å². The summed E-state index contributed by atoms with van der Waals surface area (Å²) in [6, 6.07) is 5.33. The van der Waals surface area contributed by atoms with E-state index in [1.165, 1.54) is 19.3 Å². The number of hydrogen-bond acceptors (Lipinski definition) is 4. The van der Waals surface area contributed by atoms with Crippen LogP contribution in [-0.2, 0) is 6.54 Å². The number of phenols is 1. The van der Waals surface area contributed by atoms with E-state index in [-0.39, 0.29) is 5.75 Å². The molecule has 0 unspecified atom stereocenters. The second-order valence-electron chi connectivity index (χ2n) is 5.54. The van der Waals surface area contributed by atoms with Gasteiger partial charge in [0.15, 0.2) is 11.3 Å². The van der Waals surface area contributed by atoms with Gasteiger partial charge in [0.1, 0.15) is 0 Å². The molecule has 1 aliphatic rings. The Bertz CT molecular complexity index is 684. The molecular formula is C16H19NO3. The van der Waals surface area contributed by atoms with Crippen molar-refractivity contribution in [1.29, 1.82) is 0 Å². The molecule has 3 rings (SSSR count). The van der Waals surface area contributed by atoms with Crippen molar-refractivity contribution in [1.82, 2.24) is 4.90 Å². The van der Waals surface area contributed by atoms with Crippen molar-refractivity contribution in [3.63, 3.8) is 0 Å². The van der Waals surface area contributed by atoms with Gasteiger partial charge in [0.05, 0.1) is 0 Å². The smallest absolute Gasteiger partial charge is 0.336 e. The van der Waals surface area contributed by atoms with Crippen molar-refractivity contribution in [2.24, 2.45) is 0 Å². The van der Waals surface area contributed by atoms with Crippen LogP contribution in [-0.4, -0.2) is 23.1 Å². The first kappa shape index (κ1) is 13.2. The predicted molar refractivity (Wildman–Crippen MR) is 78.0 cm³/mol. The fourth-order valence-electron chi connectivity index (χ4n) is 2.87. The maximum Gasteiger partial charge on any atom is 0.336 e. The van der Waals surface area contributed by atoms with Crippen molar-refractivity contribution in [2.45, 2.75) is 32.7 Å². The van der Waals surface area contributed by atoms with E-state index in [1.54, 1.807) is 13.0 Å². The molecular weight excluding hydrogens is 254 g/mol. The van der Waals surface area contributed by atoms with Gasteiger partial charge in [0, 0.05) is 18.0 Å². The topological polar surface area (TPSA) is 53.7 Å². The van der Waals surface area contributed by atoms with Crippen LogP contribution >= 0.6 is 0 Å². The zero-order valence-corrected chi connectivity index (χ0v) is 11.7. The molecule has 2 heterocycles. The number of likely N-dealkylation sites (tertiary alicyclic amines) is 1. The third-order valence-electron chi connectivity index (χ3n) is 4.02. The molecule has 0 amide bonds. The van der Waals surface area contributed by atoms with Gasteiger partial charge in [-0.3, -0.25) is 4.90 Å². The van der Waals surface area contributed by atoms with Crippen LogP contribution in [0.3, 0.4) is 0 Å². The van der Waals surface area contributed by atoms with Gasteiger partial charge in [-0.1, -0.05) is 18.6 Å². The molecule has 106 valence electrons. The predicted octanol–water partition coefficient (Wildman–Crippen LogP) is 2.79. The Morgan fingerprint density at radius 3 is 2.75 bits per heavy atom. The summed E-state index contributed by atoms with van der Waals surface area (Å²) in [6.07, 6.45) is 3.71. The number of fused-ring (bicyclic) bond motifs is 1. The van der Waals surface area contributed by atoms with E-state index >= 15 is 0 Å². The lowest BCUT2D eigenvalue weighted by atomic mass is 10.0. The summed E-state index contributed by atoms with van der Waals surface area (Å²) in [6.45, 7) is 4.68. The average molecular weight is 273 g/mol. The molecule has 0 radical (unpaired) electrons. The van der Waals surface area contributed by atoms with Crippen LogP contribution in [0, 0.1) is 6.92 Å². The van der Waals surface area contributed by atoms with Crippen LogP contribution in [0.5, 0.6) is 5.75 Å². The molecule has 1 N–H and O–H groups in total. The lowest BCUT2D eigenvalue weighted by Crippen LogP contribution is -2.29. The van der Waals surface area contributed by atoms with Crippen LogP contribution < -0.4 is 5.63 Å². The molecule has 2 aromatic rings. The highest BCUT2D eigenvalue weighted by Crippen LogP contribution is 2.29. The third-order valence-corrected chi connectivity index (χ3v) is 4.02. The molecule has 20 heavy (non-hydrogen) atoms. The summed E-state index contributed by atoms with van der Waals surface area (Å²) >= 11 is 0. The Hall–Kier alpha value is -1.81. The molecule has 0 spiro atoms. The van der Waals surface area contributed by atoms with E-state index in [2.05, 4.69) is 4.90 Å². The molecule has 1 fully saturated rings. The minimum Gasteiger partial charge on any atom is -0.504 e. The van der Waals surface area contributed by atoms with Gasteiger partial charge < -0.3 is 9.52 Å². The van der Waals surface area contributed by atoms with Crippen molar-refractivity contribution < 1.29 is 9.52 Å². The number of benzene rings is 1. The van der Waals surface area contributed by atoms with E-state index < -0.39 is 5.63 Å². The van der Waals surface area contributed by atoms with Gasteiger partial charge >= 0.3 is 5.63 Å². The van der Waals surface area contributed by atoms with Crippen LogP contribution in [0.2, 0.25) is 0 Å². The van der Waals surface area contributed by atoms with Gasteiger partial charge in [-0.25, -0.2) is 4.79 Å². The summed E-state index contributed by atoms with van der Waals surface area (Å²) in [7, 11) is 0. The summed E-state index contributed by atoms with van der Waals surface area (Å²) < 4.78 is 5.18. The van der Waals surface area contributed by atoms with E-state index in [1.807, 2.05) is 12.1 Å². The molecule has 1 aromatic heterocycles. The normalized spacial score (nSPS) is 16.6. The SMILES string of the molecule is Cc1ccc2c(CN3CCCCC3)cc(=O)oc2c1O. The van der Waals surface area contributed by atoms with Crippen molar-refractivity contribution in [3.8, 4) is 5.75 Å². The monoisotopic (exact) mass is 273 g/mol. The van der Waals surface area contributed by atoms with Crippen molar-refractivity contribution >= 4 is 11.0 Å². The first-order valence-corrected chi connectivity index (χ1v) is 7.13. The fourth-order valence-corrected chi connectivity index (χ4v) is 2.87. The first-order chi connectivity index (χ1) is 9.65. The standard InChI is InChI=1S/C16H19NO3/c1-11-5-6-13-12(10-17-7-3-2-4-8-17)9-14(18)20-16(13)15(11)19/h5-6,9,19H,2-4,7-8,10H2,1H3. The lowest BCUT2D eigenvalue weighted by molar-refractivity contribution is 0.221. The number of aryl methyl sites for hydroxylation is 1. The van der Waals surface area contributed by atoms with Crippen LogP contribution in [0.1, 0.15) is 30.4 Å². The molecule has 0 saturated carbocycles. The number of piperidine rings is 1. The second kappa shape index (κ2) is 5.29. The lowest BCUT2D eigenvalue weighted by Gasteiger charge is -2.26. The van der Waals surface area contributed by atoms with Crippen LogP contribution in [0.15, 0.2) is 27.4 Å². The van der Waals surface area contributed by atoms with Crippen LogP contribution in [0.4, 0.5) is 0 Å². The molecule has 0 atom stereocenters. The highest BCUT2D eigenvalue weighted by atomic mass is 16.4. The molecule has 0 bridgehead atoms. The first-order valence-electron chi connectivity index (χ1n) is 7.13. The second-order valence-corrected chi connectivity index (χ2v) is 5.54. The van der Waals surface area contributed by atoms with E-state index in [4.69, 9.17) is 4.42 Å². The summed E-state index contributed by atoms with van der Waals surface area (Å²) in [4.78, 5) is 14.1. The van der Waals surface area contributed by atoms with E-state index in [0.717, 1.165) is 36.1 Å². The van der Waals surface area contributed by atoms with Gasteiger partial charge in [-0.05, 0) is 44.0 Å². The van der Waals surface area contributed by atoms with Gasteiger partial charge in [-0.2, -0.15) is 0 Å². The Morgan fingerprint density at radius 2 is 2.00 bits per heavy atom. The van der Waals surface area contributed by atoms with E-state index in [0.29, 0.717) is 5.58 Å². The van der Waals surface area contributed by atoms with Crippen LogP contribution in [0.25, 0.3) is 11.0 Å². The average Bonchev–Trinajstić information content (AvgIpc) is 2.44. The minimum absolute atomic E-state index is 0.0695. The maximum absolute atomic E-state index is 11.7. The molecule has 4 nitrogen and oxygen atoms in total. The Kier molecular flexibility index (Phi) is 3.49. The highest BCUT2D eigenvalue weighted by Gasteiger charge is 2.15. The summed E-state index contributed by atoms with van der Waals surface area (Å²) in [5.41, 5.74) is 1.57. The Balaban J connectivity index is 2.05. The molecule has 1 saturated heterocycles. The Morgan fingerprint density at radius 1 is 1.25 bits per heavy atom. The minimum atomic E-state index is -0.398. The Labute approximate surface area is 117 Å². The number of hydrogen-bond donors (Lipinski definition) is 1. The van der Waals surface area contributed by atoms with Gasteiger partial charge in [0.2, 0.25) is 0 Å². The van der Waals surface area contributed by atoms with E-state index in [9.17, 15) is 9.90 Å². The number of nitrogens with zero attached hydrogens (tertiary/aromatic N) is 1. The fraction of sp³-hybridized carbons (Fsp3) is 0.438. The summed E-state index contributed by atoms with van der Waals surface area (Å²) in [5, 5.41) is 10.9. The number of phenolic OH excluding ortho intramolecular Hbond substituents is 1. The molecule has 0 aliphatic carbocycles. The highest BCUT2D eigenvalue weighted by molar-refractivity contribution is 5.86. The maximum atomic E-state index is 11.7. The zero-order chi connectivity index (χ0) is 14.1. The molecule has 1 aromatic carbocycles. The van der Waals surface area contributed by atoms with Crippen molar-refractivity contribution in [3.05, 3.63) is 39.7 Å². The number of rotatable bonds is 2. The van der Waals surface area contributed by atoms with Crippen molar-refractivity contribution in [2.75, 3.05) is 13.1 Å². The largest absolute Gasteiger partial charge is 0.504 e. The number of aromatic hydroxyl groups is 1. The molecule has 1 aliphatic heterocycles. The van der Waals surface area contributed by atoms with Gasteiger partial charge in [0.25, 0.3) is 0 Å². The zero-order valence-electron chi connectivity index (χ0n) is 11.7. The third kappa shape index (κ3) is 2.43.